The van der Waals surface area contributed by atoms with Crippen LogP contribution in [0.2, 0.25) is 0 Å². The van der Waals surface area contributed by atoms with E-state index in [4.69, 9.17) is 0 Å². The minimum atomic E-state index is -5.26. The summed E-state index contributed by atoms with van der Waals surface area (Å²) in [6.07, 6.45) is -11.6. The number of carbonyl (C=O) groups excluding carboxylic acids is 1. The van der Waals surface area contributed by atoms with Crippen molar-refractivity contribution in [3.8, 4) is 0 Å². The molecule has 1 heterocycles. The number of aromatic nitrogens is 1. The second kappa shape index (κ2) is 6.03. The fourth-order valence-corrected chi connectivity index (χ4v) is 2.47. The quantitative estimate of drug-likeness (QED) is 0.850. The second-order valence-electron chi connectivity index (χ2n) is 4.69. The number of hydrogen-bond donors (Lipinski definition) is 1. The summed E-state index contributed by atoms with van der Waals surface area (Å²) in [6.45, 7) is -0.328. The van der Waals surface area contributed by atoms with Gasteiger partial charge in [-0.25, -0.2) is 4.98 Å². The minimum absolute atomic E-state index is 0.0805. The molecule has 0 spiro atoms. The summed E-state index contributed by atoms with van der Waals surface area (Å²) in [5.74, 6) is -1.50. The highest BCUT2D eigenvalue weighted by atomic mass is 32.1. The summed E-state index contributed by atoms with van der Waals surface area (Å²) in [6, 6.07) is 0. The Kier molecular flexibility index (Phi) is 5.12. The monoisotopic (exact) mass is 350 g/mol. The highest BCUT2D eigenvalue weighted by Crippen LogP contribution is 2.43. The average molecular weight is 350 g/mol. The number of aryl methyl sites for hydroxylation is 1. The van der Waals surface area contributed by atoms with Crippen molar-refractivity contribution < 1.29 is 36.2 Å². The third-order valence-corrected chi connectivity index (χ3v) is 3.80. The zero-order chi connectivity index (χ0) is 17.3. The van der Waals surface area contributed by atoms with Crippen LogP contribution in [-0.2, 0) is 10.4 Å². The normalized spacial score (nSPS) is 15.5. The number of hydrogen-bond acceptors (Lipinski definition) is 4. The molecule has 4 nitrogen and oxygen atoms in total. The van der Waals surface area contributed by atoms with E-state index in [9.17, 15) is 36.2 Å². The largest absolute Gasteiger partial charge is 0.424 e. The van der Waals surface area contributed by atoms with Gasteiger partial charge in [-0.1, -0.05) is 0 Å². The van der Waals surface area contributed by atoms with E-state index in [1.807, 2.05) is 0 Å². The predicted octanol–water partition coefficient (Wildman–Crippen LogP) is 2.61. The van der Waals surface area contributed by atoms with Crippen LogP contribution in [-0.4, -0.2) is 46.8 Å². The van der Waals surface area contributed by atoms with Crippen LogP contribution in [0.3, 0.4) is 0 Å². The maximum atomic E-state index is 13.1. The molecule has 1 rings (SSSR count). The van der Waals surface area contributed by atoms with Crippen LogP contribution in [0, 0.1) is 6.92 Å². The van der Waals surface area contributed by atoms with E-state index >= 15 is 0 Å². The van der Waals surface area contributed by atoms with Crippen molar-refractivity contribution in [1.29, 1.82) is 0 Å². The van der Waals surface area contributed by atoms with Gasteiger partial charge in [0.05, 0.1) is 6.42 Å². The van der Waals surface area contributed by atoms with Crippen molar-refractivity contribution in [2.24, 2.45) is 0 Å². The predicted molar refractivity (Wildman–Crippen MR) is 65.1 cm³/mol. The second-order valence-corrected chi connectivity index (χ2v) is 5.55. The van der Waals surface area contributed by atoms with Gasteiger partial charge in [0, 0.05) is 18.1 Å². The van der Waals surface area contributed by atoms with Crippen LogP contribution in [0.25, 0.3) is 0 Å². The van der Waals surface area contributed by atoms with Gasteiger partial charge in [-0.3, -0.25) is 4.79 Å². The van der Waals surface area contributed by atoms with Gasteiger partial charge >= 0.3 is 12.4 Å². The third-order valence-electron chi connectivity index (χ3n) is 2.69. The molecule has 0 aliphatic heterocycles. The van der Waals surface area contributed by atoms with Crippen LogP contribution in [0.15, 0.2) is 5.38 Å². The zero-order valence-corrected chi connectivity index (χ0v) is 12.2. The summed E-state index contributed by atoms with van der Waals surface area (Å²) in [7, 11) is 0.708. The standard InChI is InChI=1S/C11H12F6N2O2S/c1-6-4-22-8(18-6)9(21,11(15,16)17)3-7(20)19(2)5-10(12,13)14/h4,21H,3,5H2,1-2H3. The fraction of sp³-hybridized carbons (Fsp3) is 0.636. The number of halogens is 6. The Labute approximate surface area is 125 Å². The molecule has 0 saturated carbocycles. The lowest BCUT2D eigenvalue weighted by molar-refractivity contribution is -0.268. The number of rotatable bonds is 4. The maximum absolute atomic E-state index is 13.1. The molecule has 0 aromatic carbocycles. The highest BCUT2D eigenvalue weighted by Gasteiger charge is 2.58. The number of amides is 1. The molecule has 0 fully saturated rings. The van der Waals surface area contributed by atoms with Gasteiger partial charge < -0.3 is 10.0 Å². The minimum Gasteiger partial charge on any atom is -0.374 e. The first kappa shape index (κ1) is 18.7. The smallest absolute Gasteiger partial charge is 0.374 e. The van der Waals surface area contributed by atoms with Crippen molar-refractivity contribution in [2.75, 3.05) is 13.6 Å². The Bertz CT molecular complexity index is 541. The van der Waals surface area contributed by atoms with Crippen LogP contribution in [0.1, 0.15) is 17.1 Å². The van der Waals surface area contributed by atoms with Crippen LogP contribution in [0.4, 0.5) is 26.3 Å². The first-order valence-corrected chi connectivity index (χ1v) is 6.66. The van der Waals surface area contributed by atoms with E-state index < -0.39 is 41.8 Å². The number of thiazole rings is 1. The lowest BCUT2D eigenvalue weighted by Crippen LogP contribution is -2.47. The van der Waals surface area contributed by atoms with E-state index in [0.29, 0.717) is 18.4 Å². The van der Waals surface area contributed by atoms with Crippen LogP contribution in [0.5, 0.6) is 0 Å². The van der Waals surface area contributed by atoms with Crippen LogP contribution >= 0.6 is 11.3 Å². The molecule has 0 bridgehead atoms. The van der Waals surface area contributed by atoms with E-state index in [2.05, 4.69) is 4.98 Å². The topological polar surface area (TPSA) is 53.4 Å². The van der Waals surface area contributed by atoms with E-state index in [0.717, 1.165) is 0 Å². The molecule has 0 radical (unpaired) electrons. The molecule has 0 aliphatic carbocycles. The molecule has 1 amide bonds. The van der Waals surface area contributed by atoms with Crippen molar-refractivity contribution in [3.05, 3.63) is 16.1 Å². The maximum Gasteiger partial charge on any atom is 0.424 e. The van der Waals surface area contributed by atoms with E-state index in [-0.39, 0.29) is 10.6 Å². The summed E-state index contributed by atoms with van der Waals surface area (Å²) >= 11 is 0.476. The molecule has 0 saturated heterocycles. The van der Waals surface area contributed by atoms with Crippen molar-refractivity contribution in [3.63, 3.8) is 0 Å². The molecule has 1 unspecified atom stereocenters. The van der Waals surface area contributed by atoms with Gasteiger partial charge in [-0.2, -0.15) is 26.3 Å². The zero-order valence-electron chi connectivity index (χ0n) is 11.4. The molecule has 126 valence electrons. The summed E-state index contributed by atoms with van der Waals surface area (Å²) in [4.78, 5) is 15.2. The molecule has 1 aromatic heterocycles. The fourth-order valence-electron chi connectivity index (χ4n) is 1.55. The van der Waals surface area contributed by atoms with E-state index in [1.54, 1.807) is 0 Å². The van der Waals surface area contributed by atoms with Gasteiger partial charge in [0.1, 0.15) is 11.6 Å². The molecular formula is C11H12F6N2O2S. The molecule has 22 heavy (non-hydrogen) atoms. The molecule has 11 heteroatoms. The van der Waals surface area contributed by atoms with Gasteiger partial charge in [0.2, 0.25) is 11.5 Å². The first-order valence-electron chi connectivity index (χ1n) is 5.79. The van der Waals surface area contributed by atoms with Crippen LogP contribution < -0.4 is 0 Å². The molecule has 1 atom stereocenters. The van der Waals surface area contributed by atoms with Crippen molar-refractivity contribution in [1.82, 2.24) is 9.88 Å². The van der Waals surface area contributed by atoms with Crippen molar-refractivity contribution >= 4 is 17.2 Å². The Morgan fingerprint density at radius 2 is 1.86 bits per heavy atom. The SMILES string of the molecule is Cc1csc(C(O)(CC(=O)N(C)CC(F)(F)F)C(F)(F)F)n1. The first-order chi connectivity index (χ1) is 9.76. The number of alkyl halides is 6. The number of nitrogens with zero attached hydrogens (tertiary/aromatic N) is 2. The average Bonchev–Trinajstić information content (AvgIpc) is 2.72. The molecule has 1 aromatic rings. The van der Waals surface area contributed by atoms with Crippen molar-refractivity contribution in [2.45, 2.75) is 31.3 Å². The Balaban J connectivity index is 3.03. The Hall–Kier alpha value is -1.36. The van der Waals surface area contributed by atoms with Gasteiger partial charge in [-0.05, 0) is 6.92 Å². The summed E-state index contributed by atoms with van der Waals surface area (Å²) < 4.78 is 75.8. The lowest BCUT2D eigenvalue weighted by Gasteiger charge is -2.30. The Morgan fingerprint density at radius 3 is 2.23 bits per heavy atom. The molecular weight excluding hydrogens is 338 g/mol. The number of carbonyl (C=O) groups is 1. The molecule has 0 aliphatic rings. The van der Waals surface area contributed by atoms with Gasteiger partial charge in [0.25, 0.3) is 0 Å². The van der Waals surface area contributed by atoms with Gasteiger partial charge in [0.15, 0.2) is 0 Å². The molecule has 1 N–H and O–H groups in total. The third kappa shape index (κ3) is 4.32. The number of aliphatic hydroxyl groups is 1. The lowest BCUT2D eigenvalue weighted by atomic mass is 9.99. The Morgan fingerprint density at radius 1 is 1.32 bits per heavy atom. The van der Waals surface area contributed by atoms with E-state index in [1.165, 1.54) is 12.3 Å². The summed E-state index contributed by atoms with van der Waals surface area (Å²) in [5.41, 5.74) is -3.43. The van der Waals surface area contributed by atoms with Gasteiger partial charge in [-0.15, -0.1) is 11.3 Å². The highest BCUT2D eigenvalue weighted by molar-refractivity contribution is 7.09. The summed E-state index contributed by atoms with van der Waals surface area (Å²) in [5, 5.41) is 10.3.